The van der Waals surface area contributed by atoms with Crippen molar-refractivity contribution in [1.82, 2.24) is 5.32 Å². The van der Waals surface area contributed by atoms with E-state index in [-0.39, 0.29) is 17.7 Å². The molecule has 2 saturated heterocycles. The summed E-state index contributed by atoms with van der Waals surface area (Å²) in [7, 11) is 0. The maximum atomic E-state index is 12.7. The highest BCUT2D eigenvalue weighted by atomic mass is 16.5. The molecule has 3 heterocycles. The second-order valence-corrected chi connectivity index (χ2v) is 8.78. The molecular formula is C25H28N2O5. The highest BCUT2D eigenvalue weighted by molar-refractivity contribution is 5.99. The zero-order valence-electron chi connectivity index (χ0n) is 18.2. The maximum absolute atomic E-state index is 12.7. The fraction of sp³-hybridized carbons (Fsp3) is 0.440. The Labute approximate surface area is 187 Å². The Morgan fingerprint density at radius 1 is 1.00 bits per heavy atom. The van der Waals surface area contributed by atoms with E-state index in [1.165, 1.54) is 0 Å². The van der Waals surface area contributed by atoms with Crippen LogP contribution in [-0.2, 0) is 14.3 Å². The summed E-state index contributed by atoms with van der Waals surface area (Å²) >= 11 is 0. The molecule has 5 rings (SSSR count). The van der Waals surface area contributed by atoms with E-state index in [0.717, 1.165) is 35.2 Å². The molecule has 0 bridgehead atoms. The van der Waals surface area contributed by atoms with Crippen molar-refractivity contribution >= 4 is 17.5 Å². The Balaban J connectivity index is 1.41. The lowest BCUT2D eigenvalue weighted by Gasteiger charge is -2.41. The molecule has 1 spiro atoms. The summed E-state index contributed by atoms with van der Waals surface area (Å²) in [6.07, 6.45) is 2.74. The van der Waals surface area contributed by atoms with Gasteiger partial charge in [0.1, 0.15) is 5.75 Å². The number of ether oxygens (including phenoxy) is 3. The summed E-state index contributed by atoms with van der Waals surface area (Å²) in [5.41, 5.74) is 3.62. The monoisotopic (exact) mass is 436 g/mol. The molecule has 2 amide bonds. The van der Waals surface area contributed by atoms with E-state index < -0.39 is 5.72 Å². The maximum Gasteiger partial charge on any atom is 0.258 e. The van der Waals surface area contributed by atoms with Crippen LogP contribution in [0.15, 0.2) is 36.4 Å². The first-order valence-corrected chi connectivity index (χ1v) is 11.3. The summed E-state index contributed by atoms with van der Waals surface area (Å²) in [5.74, 6) is 0.493. The van der Waals surface area contributed by atoms with Gasteiger partial charge in [0.15, 0.2) is 5.72 Å². The highest BCUT2D eigenvalue weighted by Crippen LogP contribution is 2.37. The number of anilines is 1. The lowest BCUT2D eigenvalue weighted by molar-refractivity contribution is -0.122. The van der Waals surface area contributed by atoms with E-state index in [2.05, 4.69) is 10.6 Å². The standard InChI is InChI=1S/C25H28N2O5/c1-16-2-4-19(26-23(28)17-6-10-30-11-7-17)15-21(16)18-3-5-20-22(14-18)32-25(27-24(20)29)8-12-31-13-9-25/h2-5,14-15,17H,6-13H2,1H3,(H,26,28)(H,27,29). The van der Waals surface area contributed by atoms with Crippen molar-refractivity contribution in [2.45, 2.75) is 38.3 Å². The van der Waals surface area contributed by atoms with Gasteiger partial charge >= 0.3 is 0 Å². The van der Waals surface area contributed by atoms with Gasteiger partial charge in [-0.05, 0) is 60.7 Å². The molecule has 2 fully saturated rings. The third-order valence-corrected chi connectivity index (χ3v) is 6.58. The second-order valence-electron chi connectivity index (χ2n) is 8.78. The van der Waals surface area contributed by atoms with Gasteiger partial charge in [0.05, 0.1) is 18.8 Å². The van der Waals surface area contributed by atoms with Crippen molar-refractivity contribution in [2.75, 3.05) is 31.7 Å². The van der Waals surface area contributed by atoms with Gasteiger partial charge in [0, 0.05) is 37.7 Å². The SMILES string of the molecule is Cc1ccc(NC(=O)C2CCOCC2)cc1-c1ccc2c(c1)OC1(CCOCC1)NC2=O. The van der Waals surface area contributed by atoms with Crippen LogP contribution in [0.1, 0.15) is 41.6 Å². The van der Waals surface area contributed by atoms with Crippen LogP contribution in [0.3, 0.4) is 0 Å². The van der Waals surface area contributed by atoms with Gasteiger partial charge in [0.25, 0.3) is 5.91 Å². The van der Waals surface area contributed by atoms with Crippen LogP contribution < -0.4 is 15.4 Å². The molecule has 168 valence electrons. The van der Waals surface area contributed by atoms with E-state index in [0.29, 0.717) is 50.6 Å². The minimum absolute atomic E-state index is 0.0141. The number of aryl methyl sites for hydroxylation is 1. The Morgan fingerprint density at radius 3 is 2.53 bits per heavy atom. The average molecular weight is 437 g/mol. The normalized spacial score (nSPS) is 20.2. The van der Waals surface area contributed by atoms with Crippen molar-refractivity contribution < 1.29 is 23.8 Å². The minimum Gasteiger partial charge on any atom is -0.467 e. The molecule has 7 heteroatoms. The molecule has 0 aliphatic carbocycles. The van der Waals surface area contributed by atoms with Crippen LogP contribution in [0.25, 0.3) is 11.1 Å². The molecule has 32 heavy (non-hydrogen) atoms. The highest BCUT2D eigenvalue weighted by Gasteiger charge is 2.41. The zero-order valence-corrected chi connectivity index (χ0v) is 18.2. The van der Waals surface area contributed by atoms with E-state index in [1.54, 1.807) is 6.07 Å². The lowest BCUT2D eigenvalue weighted by Crippen LogP contribution is -2.58. The molecule has 0 radical (unpaired) electrons. The van der Waals surface area contributed by atoms with E-state index in [9.17, 15) is 9.59 Å². The van der Waals surface area contributed by atoms with Gasteiger partial charge in [-0.2, -0.15) is 0 Å². The number of fused-ring (bicyclic) bond motifs is 1. The Kier molecular flexibility index (Phi) is 5.61. The fourth-order valence-corrected chi connectivity index (χ4v) is 4.62. The van der Waals surface area contributed by atoms with E-state index >= 15 is 0 Å². The molecule has 2 aromatic carbocycles. The first-order valence-electron chi connectivity index (χ1n) is 11.3. The molecule has 0 saturated carbocycles. The number of carbonyl (C=O) groups excluding carboxylic acids is 2. The van der Waals surface area contributed by atoms with Crippen molar-refractivity contribution in [3.05, 3.63) is 47.5 Å². The lowest BCUT2D eigenvalue weighted by atomic mass is 9.95. The third-order valence-electron chi connectivity index (χ3n) is 6.58. The first-order chi connectivity index (χ1) is 15.5. The predicted molar refractivity (Wildman–Crippen MR) is 120 cm³/mol. The number of hydrogen-bond donors (Lipinski definition) is 2. The van der Waals surface area contributed by atoms with Crippen LogP contribution in [-0.4, -0.2) is 44.0 Å². The fourth-order valence-electron chi connectivity index (χ4n) is 4.62. The van der Waals surface area contributed by atoms with Crippen LogP contribution in [0, 0.1) is 12.8 Å². The van der Waals surface area contributed by atoms with Crippen LogP contribution >= 0.6 is 0 Å². The summed E-state index contributed by atoms with van der Waals surface area (Å²) in [6, 6.07) is 11.6. The van der Waals surface area contributed by atoms with Gasteiger partial charge in [-0.3, -0.25) is 9.59 Å². The third kappa shape index (κ3) is 4.10. The number of amides is 2. The molecule has 2 N–H and O–H groups in total. The molecule has 0 aromatic heterocycles. The number of benzene rings is 2. The van der Waals surface area contributed by atoms with Gasteiger partial charge in [-0.15, -0.1) is 0 Å². The van der Waals surface area contributed by atoms with Crippen LogP contribution in [0.5, 0.6) is 5.75 Å². The zero-order chi connectivity index (χ0) is 22.1. The number of nitrogens with one attached hydrogen (secondary N) is 2. The average Bonchev–Trinajstić information content (AvgIpc) is 2.81. The van der Waals surface area contributed by atoms with Crippen molar-refractivity contribution in [3.8, 4) is 16.9 Å². The van der Waals surface area contributed by atoms with Crippen molar-refractivity contribution in [3.63, 3.8) is 0 Å². The first kappa shape index (κ1) is 21.0. The molecule has 0 atom stereocenters. The van der Waals surface area contributed by atoms with Gasteiger partial charge in [0.2, 0.25) is 5.91 Å². The Bertz CT molecular complexity index is 1040. The topological polar surface area (TPSA) is 85.9 Å². The quantitative estimate of drug-likeness (QED) is 0.767. The summed E-state index contributed by atoms with van der Waals surface area (Å²) in [5, 5.41) is 6.08. The molecule has 3 aliphatic rings. The second kappa shape index (κ2) is 8.56. The van der Waals surface area contributed by atoms with Gasteiger partial charge < -0.3 is 24.8 Å². The van der Waals surface area contributed by atoms with E-state index in [1.807, 2.05) is 37.3 Å². The molecule has 2 aromatic rings. The summed E-state index contributed by atoms with van der Waals surface area (Å²) < 4.78 is 17.1. The molecule has 3 aliphatic heterocycles. The molecule has 7 nitrogen and oxygen atoms in total. The number of carbonyl (C=O) groups is 2. The largest absolute Gasteiger partial charge is 0.467 e. The number of hydrogen-bond acceptors (Lipinski definition) is 5. The smallest absolute Gasteiger partial charge is 0.258 e. The van der Waals surface area contributed by atoms with Crippen molar-refractivity contribution in [2.24, 2.45) is 5.92 Å². The number of rotatable bonds is 3. The van der Waals surface area contributed by atoms with E-state index in [4.69, 9.17) is 14.2 Å². The summed E-state index contributed by atoms with van der Waals surface area (Å²) in [4.78, 5) is 25.4. The minimum atomic E-state index is -0.699. The van der Waals surface area contributed by atoms with Crippen LogP contribution in [0.2, 0.25) is 0 Å². The summed E-state index contributed by atoms with van der Waals surface area (Å²) in [6.45, 7) is 4.42. The van der Waals surface area contributed by atoms with Crippen molar-refractivity contribution in [1.29, 1.82) is 0 Å². The predicted octanol–water partition coefficient (Wildman–Crippen LogP) is 3.66. The molecular weight excluding hydrogens is 408 g/mol. The Morgan fingerprint density at radius 2 is 1.75 bits per heavy atom. The van der Waals surface area contributed by atoms with Gasteiger partial charge in [-0.1, -0.05) is 12.1 Å². The van der Waals surface area contributed by atoms with Crippen LogP contribution in [0.4, 0.5) is 5.69 Å². The molecule has 0 unspecified atom stereocenters. The van der Waals surface area contributed by atoms with Gasteiger partial charge in [-0.25, -0.2) is 0 Å². The Hall–Kier alpha value is -2.90.